The maximum absolute atomic E-state index is 12.2. The lowest BCUT2D eigenvalue weighted by atomic mass is 10.1. The van der Waals surface area contributed by atoms with Gasteiger partial charge in [0.05, 0.1) is 17.7 Å². The third-order valence-corrected chi connectivity index (χ3v) is 4.41. The topological polar surface area (TPSA) is 38.8 Å². The van der Waals surface area contributed by atoms with Gasteiger partial charge in [-0.2, -0.15) is 0 Å². The van der Waals surface area contributed by atoms with Gasteiger partial charge in [-0.3, -0.25) is 4.79 Å². The molecule has 1 aromatic carbocycles. The Balaban J connectivity index is 1.65. The molecule has 2 rings (SSSR count). The van der Waals surface area contributed by atoms with Crippen LogP contribution in [0.15, 0.2) is 18.2 Å². The number of hydrogen-bond donors (Lipinski definition) is 0. The van der Waals surface area contributed by atoms with Crippen molar-refractivity contribution in [3.05, 3.63) is 28.2 Å². The lowest BCUT2D eigenvalue weighted by molar-refractivity contribution is -0.134. The number of hydrogen-bond acceptors (Lipinski definition) is 3. The van der Waals surface area contributed by atoms with Crippen LogP contribution in [0.2, 0.25) is 10.0 Å². The highest BCUT2D eigenvalue weighted by molar-refractivity contribution is 6.35. The number of piperidine rings is 1. The monoisotopic (exact) mass is 359 g/mol. The first kappa shape index (κ1) is 18.4. The van der Waals surface area contributed by atoms with Crippen LogP contribution in [0.1, 0.15) is 32.6 Å². The van der Waals surface area contributed by atoms with Crippen molar-refractivity contribution in [2.24, 2.45) is 0 Å². The first-order valence-corrected chi connectivity index (χ1v) is 8.83. The third kappa shape index (κ3) is 5.87. The number of likely N-dealkylation sites (tertiary alicyclic amines) is 1. The number of ether oxygens (including phenoxy) is 2. The zero-order valence-electron chi connectivity index (χ0n) is 13.4. The Labute approximate surface area is 147 Å². The van der Waals surface area contributed by atoms with E-state index in [0.29, 0.717) is 41.3 Å². The van der Waals surface area contributed by atoms with Crippen molar-refractivity contribution < 1.29 is 14.3 Å². The molecule has 128 valence electrons. The minimum absolute atomic E-state index is 0.186. The van der Waals surface area contributed by atoms with Crippen LogP contribution in [0.25, 0.3) is 0 Å². The first-order chi connectivity index (χ1) is 11.1. The van der Waals surface area contributed by atoms with Crippen molar-refractivity contribution in [3.63, 3.8) is 0 Å². The van der Waals surface area contributed by atoms with Gasteiger partial charge in [0, 0.05) is 31.1 Å². The fourth-order valence-electron chi connectivity index (χ4n) is 2.66. The van der Waals surface area contributed by atoms with Gasteiger partial charge < -0.3 is 14.4 Å². The van der Waals surface area contributed by atoms with Crippen LogP contribution in [0.3, 0.4) is 0 Å². The molecule has 0 spiro atoms. The maximum Gasteiger partial charge on any atom is 0.222 e. The van der Waals surface area contributed by atoms with E-state index in [1.54, 1.807) is 18.2 Å². The summed E-state index contributed by atoms with van der Waals surface area (Å²) in [4.78, 5) is 14.1. The van der Waals surface area contributed by atoms with Crippen molar-refractivity contribution in [1.29, 1.82) is 0 Å². The SMILES string of the molecule is CCOC1CCN(C(=O)CCCOc2ccc(Cl)cc2Cl)CC1. The van der Waals surface area contributed by atoms with Gasteiger partial charge in [0.25, 0.3) is 0 Å². The van der Waals surface area contributed by atoms with E-state index in [1.807, 2.05) is 11.8 Å². The van der Waals surface area contributed by atoms with Gasteiger partial charge in [0.15, 0.2) is 0 Å². The second-order valence-corrected chi connectivity index (χ2v) is 6.41. The Morgan fingerprint density at radius 1 is 1.30 bits per heavy atom. The second-order valence-electron chi connectivity index (χ2n) is 5.56. The standard InChI is InChI=1S/C17H23Cl2NO3/c1-2-22-14-7-9-20(10-8-14)17(21)4-3-11-23-16-6-5-13(18)12-15(16)19/h5-6,12,14H,2-4,7-11H2,1H3. The molecule has 0 aromatic heterocycles. The summed E-state index contributed by atoms with van der Waals surface area (Å²) in [5.74, 6) is 0.784. The van der Waals surface area contributed by atoms with E-state index in [1.165, 1.54) is 0 Å². The molecule has 1 aliphatic heterocycles. The van der Waals surface area contributed by atoms with Crippen LogP contribution < -0.4 is 4.74 Å². The molecule has 1 saturated heterocycles. The Hall–Kier alpha value is -0.970. The highest BCUT2D eigenvalue weighted by Gasteiger charge is 2.22. The van der Waals surface area contributed by atoms with Gasteiger partial charge in [-0.15, -0.1) is 0 Å². The summed E-state index contributed by atoms with van der Waals surface area (Å²) in [6.45, 7) is 4.77. The third-order valence-electron chi connectivity index (χ3n) is 3.88. The smallest absolute Gasteiger partial charge is 0.222 e. The molecule has 1 amide bonds. The molecule has 4 nitrogen and oxygen atoms in total. The highest BCUT2D eigenvalue weighted by Crippen LogP contribution is 2.27. The van der Waals surface area contributed by atoms with E-state index in [4.69, 9.17) is 32.7 Å². The predicted octanol–water partition coefficient (Wildman–Crippen LogP) is 4.18. The molecule has 1 heterocycles. The Morgan fingerprint density at radius 2 is 2.04 bits per heavy atom. The van der Waals surface area contributed by atoms with Crippen LogP contribution in [-0.2, 0) is 9.53 Å². The van der Waals surface area contributed by atoms with Gasteiger partial charge >= 0.3 is 0 Å². The molecule has 1 fully saturated rings. The number of benzene rings is 1. The quantitative estimate of drug-likeness (QED) is 0.685. The summed E-state index contributed by atoms with van der Waals surface area (Å²) in [5.41, 5.74) is 0. The molecule has 0 radical (unpaired) electrons. The second kappa shape index (κ2) is 9.36. The largest absolute Gasteiger partial charge is 0.492 e. The molecule has 6 heteroatoms. The average Bonchev–Trinajstić information content (AvgIpc) is 2.54. The lowest BCUT2D eigenvalue weighted by Gasteiger charge is -2.31. The minimum Gasteiger partial charge on any atom is -0.492 e. The van der Waals surface area contributed by atoms with E-state index < -0.39 is 0 Å². The zero-order chi connectivity index (χ0) is 16.7. The first-order valence-electron chi connectivity index (χ1n) is 8.07. The number of carbonyl (C=O) groups excluding carboxylic acids is 1. The normalized spacial score (nSPS) is 15.7. The van der Waals surface area contributed by atoms with Crippen LogP contribution in [-0.4, -0.2) is 43.2 Å². The molecule has 23 heavy (non-hydrogen) atoms. The fourth-order valence-corrected chi connectivity index (χ4v) is 3.13. The van der Waals surface area contributed by atoms with Crippen LogP contribution in [0.5, 0.6) is 5.75 Å². The van der Waals surface area contributed by atoms with E-state index in [9.17, 15) is 4.79 Å². The summed E-state index contributed by atoms with van der Waals surface area (Å²) in [6, 6.07) is 5.12. The van der Waals surface area contributed by atoms with Gasteiger partial charge in [0.1, 0.15) is 5.75 Å². The average molecular weight is 360 g/mol. The molecule has 0 aliphatic carbocycles. The number of nitrogens with zero attached hydrogens (tertiary/aromatic N) is 1. The Morgan fingerprint density at radius 3 is 2.70 bits per heavy atom. The van der Waals surface area contributed by atoms with E-state index in [0.717, 1.165) is 32.5 Å². The molecular weight excluding hydrogens is 337 g/mol. The van der Waals surface area contributed by atoms with Crippen molar-refractivity contribution in [2.45, 2.75) is 38.7 Å². The van der Waals surface area contributed by atoms with Gasteiger partial charge in [-0.1, -0.05) is 23.2 Å². The van der Waals surface area contributed by atoms with E-state index in [2.05, 4.69) is 0 Å². The number of rotatable bonds is 7. The summed E-state index contributed by atoms with van der Waals surface area (Å²) in [7, 11) is 0. The number of halogens is 2. The maximum atomic E-state index is 12.2. The van der Waals surface area contributed by atoms with E-state index in [-0.39, 0.29) is 5.91 Å². The summed E-state index contributed by atoms with van der Waals surface area (Å²) < 4.78 is 11.2. The molecule has 0 bridgehead atoms. The highest BCUT2D eigenvalue weighted by atomic mass is 35.5. The molecule has 1 aromatic rings. The summed E-state index contributed by atoms with van der Waals surface area (Å²) in [5, 5.41) is 1.06. The molecular formula is C17H23Cl2NO3. The molecule has 0 atom stereocenters. The van der Waals surface area contributed by atoms with Crippen LogP contribution in [0.4, 0.5) is 0 Å². The Bertz CT molecular complexity index is 517. The Kier molecular flexibility index (Phi) is 7.47. The number of amides is 1. The van der Waals surface area contributed by atoms with Gasteiger partial charge in [-0.05, 0) is 44.4 Å². The summed E-state index contributed by atoms with van der Waals surface area (Å²) in [6.07, 6.45) is 3.32. The molecule has 0 N–H and O–H groups in total. The molecule has 0 unspecified atom stereocenters. The van der Waals surface area contributed by atoms with Crippen LogP contribution in [0, 0.1) is 0 Å². The van der Waals surface area contributed by atoms with Crippen molar-refractivity contribution in [3.8, 4) is 5.75 Å². The van der Waals surface area contributed by atoms with Crippen molar-refractivity contribution in [2.75, 3.05) is 26.3 Å². The van der Waals surface area contributed by atoms with Gasteiger partial charge in [0.2, 0.25) is 5.91 Å². The molecule has 0 saturated carbocycles. The summed E-state index contributed by atoms with van der Waals surface area (Å²) >= 11 is 11.9. The lowest BCUT2D eigenvalue weighted by Crippen LogP contribution is -2.40. The predicted molar refractivity (Wildman–Crippen MR) is 92.4 cm³/mol. The molecule has 1 aliphatic rings. The van der Waals surface area contributed by atoms with Crippen molar-refractivity contribution >= 4 is 29.1 Å². The van der Waals surface area contributed by atoms with Gasteiger partial charge in [-0.25, -0.2) is 0 Å². The zero-order valence-corrected chi connectivity index (χ0v) is 14.9. The fraction of sp³-hybridized carbons (Fsp3) is 0.588. The van der Waals surface area contributed by atoms with Crippen molar-refractivity contribution in [1.82, 2.24) is 4.90 Å². The van der Waals surface area contributed by atoms with E-state index >= 15 is 0 Å². The van der Waals surface area contributed by atoms with Crippen LogP contribution >= 0.6 is 23.2 Å². The number of carbonyl (C=O) groups is 1. The minimum atomic E-state index is 0.186.